The van der Waals surface area contributed by atoms with Crippen LogP contribution in [-0.4, -0.2) is 21.6 Å². The van der Waals surface area contributed by atoms with Gasteiger partial charge in [-0.2, -0.15) is 31.3 Å². The van der Waals surface area contributed by atoms with E-state index in [1.807, 2.05) is 5.32 Å². The molecule has 0 aliphatic heterocycles. The van der Waals surface area contributed by atoms with Gasteiger partial charge in [-0.1, -0.05) is 11.8 Å². The summed E-state index contributed by atoms with van der Waals surface area (Å²) in [4.78, 5) is 30.0. The highest BCUT2D eigenvalue weighted by Gasteiger charge is 2.37. The first-order valence-electron chi connectivity index (χ1n) is 8.27. The van der Waals surface area contributed by atoms with Crippen molar-refractivity contribution in [3.8, 4) is 0 Å². The number of H-pyrrole nitrogens is 1. The largest absolute Gasteiger partial charge is 0.416 e. The zero-order chi connectivity index (χ0) is 21.4. The lowest BCUT2D eigenvalue weighted by atomic mass is 10.1. The number of halogens is 6. The van der Waals surface area contributed by atoms with E-state index in [1.54, 1.807) is 0 Å². The quantitative estimate of drug-likeness (QED) is 0.430. The Kier molecular flexibility index (Phi) is 5.65. The minimum absolute atomic E-state index is 0.0200. The molecule has 0 saturated carbocycles. The Morgan fingerprint density at radius 1 is 1.07 bits per heavy atom. The molecule has 0 unspecified atom stereocenters. The number of hydrogen-bond acceptors (Lipinski definition) is 4. The second-order valence-corrected chi connectivity index (χ2v) is 7.25. The van der Waals surface area contributed by atoms with Crippen LogP contribution in [0.1, 0.15) is 28.8 Å². The van der Waals surface area contributed by atoms with Crippen LogP contribution in [-0.2, 0) is 30.0 Å². The van der Waals surface area contributed by atoms with E-state index < -0.39 is 40.8 Å². The molecule has 1 aromatic heterocycles. The molecule has 5 nitrogen and oxygen atoms in total. The van der Waals surface area contributed by atoms with Crippen molar-refractivity contribution in [1.29, 1.82) is 0 Å². The Morgan fingerprint density at radius 2 is 1.69 bits per heavy atom. The number of fused-ring (bicyclic) bond motifs is 1. The summed E-state index contributed by atoms with van der Waals surface area (Å²) in [6, 6.07) is 0.843. The van der Waals surface area contributed by atoms with Crippen LogP contribution >= 0.6 is 11.8 Å². The first kappa shape index (κ1) is 21.2. The number of thioether (sulfide) groups is 1. The summed E-state index contributed by atoms with van der Waals surface area (Å²) in [6.45, 7) is 0. The van der Waals surface area contributed by atoms with Gasteiger partial charge >= 0.3 is 18.0 Å². The summed E-state index contributed by atoms with van der Waals surface area (Å²) in [5, 5.41) is 2.38. The standard InChI is InChI=1S/C17H13F6N3O2S/c18-16(19,20)8-4-9(17(21,22)23)6-10(5-8)24-13(27)7-29-14-11-2-1-3-12(11)25-15(28)26-14/h4-6H,1-3,7H2,(H,24,27)(H,25,26,28). The lowest BCUT2D eigenvalue weighted by Gasteiger charge is -2.14. The molecule has 0 atom stereocenters. The zero-order valence-electron chi connectivity index (χ0n) is 14.5. The number of anilines is 1. The summed E-state index contributed by atoms with van der Waals surface area (Å²) in [5.74, 6) is -1.16. The van der Waals surface area contributed by atoms with Gasteiger partial charge in [-0.3, -0.25) is 4.79 Å². The average Bonchev–Trinajstić information content (AvgIpc) is 3.06. The van der Waals surface area contributed by atoms with E-state index in [2.05, 4.69) is 9.97 Å². The molecule has 0 spiro atoms. The van der Waals surface area contributed by atoms with Crippen LogP contribution in [0.5, 0.6) is 0 Å². The molecule has 12 heteroatoms. The Morgan fingerprint density at radius 3 is 2.28 bits per heavy atom. The summed E-state index contributed by atoms with van der Waals surface area (Å²) < 4.78 is 77.3. The number of carbonyl (C=O) groups is 1. The minimum Gasteiger partial charge on any atom is -0.325 e. The summed E-state index contributed by atoms with van der Waals surface area (Å²) in [5.41, 5.74) is -2.74. The number of alkyl halides is 6. The number of aromatic nitrogens is 2. The van der Waals surface area contributed by atoms with Crippen molar-refractivity contribution >= 4 is 23.4 Å². The molecule has 1 heterocycles. The first-order valence-corrected chi connectivity index (χ1v) is 9.26. The number of carbonyl (C=O) groups excluding carboxylic acids is 1. The Labute approximate surface area is 163 Å². The lowest BCUT2D eigenvalue weighted by molar-refractivity contribution is -0.143. The number of rotatable bonds is 4. The maximum atomic E-state index is 12.9. The van der Waals surface area contributed by atoms with E-state index >= 15 is 0 Å². The van der Waals surface area contributed by atoms with E-state index in [-0.39, 0.29) is 11.8 Å². The normalized spacial score (nSPS) is 14.0. The van der Waals surface area contributed by atoms with Gasteiger partial charge in [0.2, 0.25) is 5.91 Å². The maximum absolute atomic E-state index is 12.9. The van der Waals surface area contributed by atoms with Crippen LogP contribution in [0, 0.1) is 0 Å². The predicted octanol–water partition coefficient (Wildman–Crippen LogP) is 4.03. The fourth-order valence-corrected chi connectivity index (χ4v) is 3.80. The molecule has 0 bridgehead atoms. The number of nitrogens with one attached hydrogen (secondary N) is 2. The third-order valence-corrected chi connectivity index (χ3v) is 5.17. The molecule has 2 N–H and O–H groups in total. The van der Waals surface area contributed by atoms with Gasteiger partial charge in [-0.25, -0.2) is 4.79 Å². The number of amides is 1. The fourth-order valence-electron chi connectivity index (χ4n) is 2.91. The number of aromatic amines is 1. The minimum atomic E-state index is -5.01. The number of aryl methyl sites for hydroxylation is 1. The van der Waals surface area contributed by atoms with Gasteiger partial charge in [0.25, 0.3) is 0 Å². The van der Waals surface area contributed by atoms with Gasteiger partial charge in [0.05, 0.1) is 16.9 Å². The molecule has 156 valence electrons. The summed E-state index contributed by atoms with van der Waals surface area (Å²) in [6.07, 6.45) is -7.89. The molecular formula is C17H13F6N3O2S. The van der Waals surface area contributed by atoms with E-state index in [4.69, 9.17) is 0 Å². The van der Waals surface area contributed by atoms with E-state index in [0.29, 0.717) is 30.0 Å². The van der Waals surface area contributed by atoms with Crippen LogP contribution in [0.2, 0.25) is 0 Å². The monoisotopic (exact) mass is 437 g/mol. The van der Waals surface area contributed by atoms with E-state index in [0.717, 1.165) is 29.4 Å². The highest BCUT2D eigenvalue weighted by molar-refractivity contribution is 8.00. The zero-order valence-corrected chi connectivity index (χ0v) is 15.3. The Balaban J connectivity index is 1.77. The second kappa shape index (κ2) is 7.73. The molecule has 1 aromatic carbocycles. The molecule has 1 aliphatic rings. The van der Waals surface area contributed by atoms with Crippen LogP contribution < -0.4 is 11.0 Å². The molecule has 29 heavy (non-hydrogen) atoms. The molecule has 3 rings (SSSR count). The van der Waals surface area contributed by atoms with Gasteiger partial charge < -0.3 is 10.3 Å². The summed E-state index contributed by atoms with van der Waals surface area (Å²) in [7, 11) is 0. The molecule has 0 fully saturated rings. The van der Waals surface area contributed by atoms with Crippen molar-refractivity contribution in [3.63, 3.8) is 0 Å². The number of benzene rings is 1. The van der Waals surface area contributed by atoms with Crippen molar-refractivity contribution in [2.24, 2.45) is 0 Å². The molecule has 0 saturated heterocycles. The second-order valence-electron chi connectivity index (χ2n) is 6.29. The van der Waals surface area contributed by atoms with Gasteiger partial charge in [-0.05, 0) is 37.5 Å². The fraction of sp³-hybridized carbons (Fsp3) is 0.353. The van der Waals surface area contributed by atoms with Crippen LogP contribution in [0.25, 0.3) is 0 Å². The third kappa shape index (κ3) is 5.11. The van der Waals surface area contributed by atoms with Crippen LogP contribution in [0.15, 0.2) is 28.0 Å². The summed E-state index contributed by atoms with van der Waals surface area (Å²) >= 11 is 0.899. The van der Waals surface area contributed by atoms with Crippen LogP contribution in [0.4, 0.5) is 32.0 Å². The predicted molar refractivity (Wildman–Crippen MR) is 92.7 cm³/mol. The molecule has 1 aliphatic carbocycles. The highest BCUT2D eigenvalue weighted by Crippen LogP contribution is 2.37. The van der Waals surface area contributed by atoms with Gasteiger partial charge in [0.15, 0.2) is 0 Å². The average molecular weight is 437 g/mol. The highest BCUT2D eigenvalue weighted by atomic mass is 32.2. The number of hydrogen-bond donors (Lipinski definition) is 2. The maximum Gasteiger partial charge on any atom is 0.416 e. The topological polar surface area (TPSA) is 74.8 Å². The smallest absolute Gasteiger partial charge is 0.325 e. The SMILES string of the molecule is O=C(CSc1nc(=O)[nH]c2c1CCC2)Nc1cc(C(F)(F)F)cc(C(F)(F)F)c1. The Bertz CT molecular complexity index is 968. The molecule has 2 aromatic rings. The van der Waals surface area contributed by atoms with Crippen molar-refractivity contribution in [1.82, 2.24) is 9.97 Å². The van der Waals surface area contributed by atoms with Gasteiger partial charge in [0, 0.05) is 16.9 Å². The number of nitrogens with zero attached hydrogens (tertiary/aromatic N) is 1. The van der Waals surface area contributed by atoms with Crippen LogP contribution in [0.3, 0.4) is 0 Å². The van der Waals surface area contributed by atoms with E-state index in [1.165, 1.54) is 0 Å². The van der Waals surface area contributed by atoms with Crippen molar-refractivity contribution in [2.75, 3.05) is 11.1 Å². The van der Waals surface area contributed by atoms with Crippen molar-refractivity contribution in [3.05, 3.63) is 51.1 Å². The third-order valence-electron chi connectivity index (χ3n) is 4.15. The first-order chi connectivity index (χ1) is 13.4. The molecular weight excluding hydrogens is 424 g/mol. The van der Waals surface area contributed by atoms with E-state index in [9.17, 15) is 35.9 Å². The Hall–Kier alpha value is -2.50. The lowest BCUT2D eigenvalue weighted by Crippen LogP contribution is -2.18. The van der Waals surface area contributed by atoms with Gasteiger partial charge in [0.1, 0.15) is 5.03 Å². The molecule has 1 amide bonds. The van der Waals surface area contributed by atoms with Crippen molar-refractivity contribution < 1.29 is 31.1 Å². The molecule has 0 radical (unpaired) electrons. The van der Waals surface area contributed by atoms with Crippen molar-refractivity contribution in [2.45, 2.75) is 36.6 Å². The van der Waals surface area contributed by atoms with Gasteiger partial charge in [-0.15, -0.1) is 0 Å².